The van der Waals surface area contributed by atoms with Crippen LogP contribution < -0.4 is 0 Å². The van der Waals surface area contributed by atoms with Gasteiger partial charge in [0.05, 0.1) is 5.69 Å². The molecule has 0 spiro atoms. The van der Waals surface area contributed by atoms with Crippen LogP contribution >= 0.6 is 23.5 Å². The molecule has 6 heteroatoms. The average molecular weight is 342 g/mol. The minimum absolute atomic E-state index is 0.813. The summed E-state index contributed by atoms with van der Waals surface area (Å²) in [5, 5.41) is 13.0. The second-order valence-corrected chi connectivity index (χ2v) is 7.12. The predicted octanol–water partition coefficient (Wildman–Crippen LogP) is 4.29. The highest BCUT2D eigenvalue weighted by atomic mass is 32.2. The molecule has 118 valence electrons. The van der Waals surface area contributed by atoms with E-state index in [1.54, 1.807) is 23.5 Å². The summed E-state index contributed by atoms with van der Waals surface area (Å²) in [4.78, 5) is 1.28. The minimum atomic E-state index is 0.813. The van der Waals surface area contributed by atoms with Crippen molar-refractivity contribution in [3.63, 3.8) is 0 Å². The van der Waals surface area contributed by atoms with Crippen LogP contribution in [0.15, 0.2) is 52.5 Å². The quantitative estimate of drug-likeness (QED) is 0.647. The average Bonchev–Trinajstić information content (AvgIpc) is 3.04. The monoisotopic (exact) mass is 342 g/mol. The lowest BCUT2D eigenvalue weighted by Gasteiger charge is -2.08. The van der Waals surface area contributed by atoms with Crippen molar-refractivity contribution in [1.82, 2.24) is 20.2 Å². The van der Waals surface area contributed by atoms with E-state index >= 15 is 0 Å². The first-order valence-electron chi connectivity index (χ1n) is 7.29. The van der Waals surface area contributed by atoms with E-state index < -0.39 is 0 Å². The molecule has 3 rings (SSSR count). The minimum Gasteiger partial charge on any atom is -0.187 e. The van der Waals surface area contributed by atoms with Gasteiger partial charge in [0.2, 0.25) is 5.16 Å². The number of aryl methyl sites for hydroxylation is 2. The Labute approximate surface area is 144 Å². The lowest BCUT2D eigenvalue weighted by Crippen LogP contribution is -2.02. The molecule has 4 nitrogen and oxygen atoms in total. The second kappa shape index (κ2) is 7.19. The zero-order chi connectivity index (χ0) is 16.2. The molecule has 0 aliphatic carbocycles. The van der Waals surface area contributed by atoms with Gasteiger partial charge in [-0.2, -0.15) is 4.68 Å². The van der Waals surface area contributed by atoms with Crippen molar-refractivity contribution in [1.29, 1.82) is 0 Å². The fourth-order valence-corrected chi connectivity index (χ4v) is 3.49. The maximum absolute atomic E-state index is 4.17. The van der Waals surface area contributed by atoms with E-state index in [2.05, 4.69) is 78.1 Å². The number of nitrogens with zero attached hydrogens (tertiary/aromatic N) is 4. The van der Waals surface area contributed by atoms with Crippen LogP contribution in [0, 0.1) is 13.8 Å². The summed E-state index contributed by atoms with van der Waals surface area (Å²) >= 11 is 3.40. The number of hydrogen-bond donors (Lipinski definition) is 0. The molecule has 0 bridgehead atoms. The topological polar surface area (TPSA) is 43.6 Å². The van der Waals surface area contributed by atoms with Gasteiger partial charge in [-0.15, -0.1) is 16.9 Å². The highest BCUT2D eigenvalue weighted by molar-refractivity contribution is 7.98. The first-order chi connectivity index (χ1) is 11.2. The van der Waals surface area contributed by atoms with E-state index in [4.69, 9.17) is 0 Å². The fraction of sp³-hybridized carbons (Fsp3) is 0.235. The van der Waals surface area contributed by atoms with E-state index in [1.807, 2.05) is 4.68 Å². The summed E-state index contributed by atoms with van der Waals surface area (Å²) in [7, 11) is 0. The van der Waals surface area contributed by atoms with Gasteiger partial charge in [0.1, 0.15) is 0 Å². The second-order valence-electron chi connectivity index (χ2n) is 5.30. The molecule has 1 heterocycles. The largest absolute Gasteiger partial charge is 0.214 e. The van der Waals surface area contributed by atoms with Gasteiger partial charge in [0.25, 0.3) is 0 Å². The molecule has 0 aliphatic rings. The molecule has 0 N–H and O–H groups in total. The van der Waals surface area contributed by atoms with Crippen molar-refractivity contribution < 1.29 is 0 Å². The molecule has 1 aromatic heterocycles. The highest BCUT2D eigenvalue weighted by Crippen LogP contribution is 2.25. The van der Waals surface area contributed by atoms with Gasteiger partial charge in [-0.1, -0.05) is 36.0 Å². The van der Waals surface area contributed by atoms with Crippen LogP contribution in [0.2, 0.25) is 0 Å². The van der Waals surface area contributed by atoms with Crippen LogP contribution in [0.25, 0.3) is 5.69 Å². The van der Waals surface area contributed by atoms with Gasteiger partial charge in [-0.05, 0) is 65.4 Å². The highest BCUT2D eigenvalue weighted by Gasteiger charge is 2.11. The standard InChI is InChI=1S/C17H18N4S2/c1-12-4-5-13(2)16(10-12)21-17(18-19-20-21)23-11-14-6-8-15(22-3)9-7-14/h4-10H,11H2,1-3H3. The molecule has 0 unspecified atom stereocenters. The molecular formula is C17H18N4S2. The number of benzene rings is 2. The van der Waals surface area contributed by atoms with E-state index in [1.165, 1.54) is 16.0 Å². The maximum Gasteiger partial charge on any atom is 0.214 e. The summed E-state index contributed by atoms with van der Waals surface area (Å²) in [6, 6.07) is 14.9. The Morgan fingerprint density at radius 3 is 2.57 bits per heavy atom. The maximum atomic E-state index is 4.17. The van der Waals surface area contributed by atoms with Crippen LogP contribution in [0.3, 0.4) is 0 Å². The summed E-state index contributed by atoms with van der Waals surface area (Å²) in [5.74, 6) is 0.847. The zero-order valence-corrected chi connectivity index (χ0v) is 15.0. The Morgan fingerprint density at radius 1 is 1.04 bits per heavy atom. The van der Waals surface area contributed by atoms with E-state index in [-0.39, 0.29) is 0 Å². The molecule has 2 aromatic carbocycles. The molecule has 0 amide bonds. The number of aromatic nitrogens is 4. The summed E-state index contributed by atoms with van der Waals surface area (Å²) in [6.45, 7) is 4.15. The lowest BCUT2D eigenvalue weighted by molar-refractivity contribution is 0.751. The molecule has 0 aliphatic heterocycles. The summed E-state index contributed by atoms with van der Waals surface area (Å²) in [5.41, 5.74) is 4.66. The SMILES string of the molecule is CSc1ccc(CSc2nnnn2-c2cc(C)ccc2C)cc1. The van der Waals surface area contributed by atoms with Crippen LogP contribution in [0.1, 0.15) is 16.7 Å². The lowest BCUT2D eigenvalue weighted by atomic mass is 10.1. The number of tetrazole rings is 1. The van der Waals surface area contributed by atoms with Crippen molar-refractivity contribution >= 4 is 23.5 Å². The molecule has 23 heavy (non-hydrogen) atoms. The van der Waals surface area contributed by atoms with E-state index in [9.17, 15) is 0 Å². The van der Waals surface area contributed by atoms with Gasteiger partial charge in [-0.3, -0.25) is 0 Å². The van der Waals surface area contributed by atoms with Gasteiger partial charge in [-0.25, -0.2) is 0 Å². The van der Waals surface area contributed by atoms with Crippen molar-refractivity contribution in [3.8, 4) is 5.69 Å². The van der Waals surface area contributed by atoms with Gasteiger partial charge >= 0.3 is 0 Å². The Kier molecular flexibility index (Phi) is 5.03. The van der Waals surface area contributed by atoms with Crippen LogP contribution in [0.5, 0.6) is 0 Å². The third-order valence-corrected chi connectivity index (χ3v) is 5.29. The molecule has 0 saturated carbocycles. The number of thioether (sulfide) groups is 2. The van der Waals surface area contributed by atoms with Crippen LogP contribution in [-0.2, 0) is 5.75 Å². The molecular weight excluding hydrogens is 324 g/mol. The molecule has 0 atom stereocenters. The Bertz CT molecular complexity index is 797. The van der Waals surface area contributed by atoms with Crippen molar-refractivity contribution in [3.05, 3.63) is 59.2 Å². The zero-order valence-electron chi connectivity index (χ0n) is 13.4. The Hall–Kier alpha value is -1.79. The summed E-state index contributed by atoms with van der Waals surface area (Å²) in [6.07, 6.45) is 2.09. The van der Waals surface area contributed by atoms with Gasteiger partial charge in [0, 0.05) is 10.6 Å². The molecule has 3 aromatic rings. The summed E-state index contributed by atoms with van der Waals surface area (Å²) < 4.78 is 1.82. The molecule has 0 radical (unpaired) electrons. The fourth-order valence-electron chi connectivity index (χ4n) is 2.24. The van der Waals surface area contributed by atoms with Crippen molar-refractivity contribution in [2.24, 2.45) is 0 Å². The Balaban J connectivity index is 1.79. The van der Waals surface area contributed by atoms with Crippen molar-refractivity contribution in [2.75, 3.05) is 6.26 Å². The van der Waals surface area contributed by atoms with E-state index in [0.29, 0.717) is 0 Å². The first kappa shape index (κ1) is 16.1. The van der Waals surface area contributed by atoms with Crippen molar-refractivity contribution in [2.45, 2.75) is 29.7 Å². The third kappa shape index (κ3) is 3.76. The van der Waals surface area contributed by atoms with E-state index in [0.717, 1.165) is 22.2 Å². The van der Waals surface area contributed by atoms with Crippen LogP contribution in [0.4, 0.5) is 0 Å². The number of hydrogen-bond acceptors (Lipinski definition) is 5. The first-order valence-corrected chi connectivity index (χ1v) is 9.50. The molecule has 0 fully saturated rings. The Morgan fingerprint density at radius 2 is 1.83 bits per heavy atom. The molecule has 0 saturated heterocycles. The van der Waals surface area contributed by atoms with Crippen LogP contribution in [-0.4, -0.2) is 26.5 Å². The predicted molar refractivity (Wildman–Crippen MR) is 96.4 cm³/mol. The smallest absolute Gasteiger partial charge is 0.187 e. The van der Waals surface area contributed by atoms with Gasteiger partial charge < -0.3 is 0 Å². The normalized spacial score (nSPS) is 10.9. The number of rotatable bonds is 5. The third-order valence-electron chi connectivity index (χ3n) is 3.56. The van der Waals surface area contributed by atoms with Gasteiger partial charge in [0.15, 0.2) is 0 Å².